The van der Waals surface area contributed by atoms with Gasteiger partial charge < -0.3 is 10.1 Å². The molecule has 0 aromatic heterocycles. The molecule has 0 atom stereocenters. The van der Waals surface area contributed by atoms with Gasteiger partial charge in [-0.05, 0) is 83.9 Å². The minimum Gasteiger partial charge on any atom is -0.443 e. The Morgan fingerprint density at radius 3 is 1.94 bits per heavy atom. The van der Waals surface area contributed by atoms with Crippen LogP contribution in [0.5, 0.6) is 0 Å². The van der Waals surface area contributed by atoms with Crippen molar-refractivity contribution in [3.05, 3.63) is 69.8 Å². The fourth-order valence-corrected chi connectivity index (χ4v) is 4.20. The number of benzene rings is 2. The molecule has 35 heavy (non-hydrogen) atoms. The van der Waals surface area contributed by atoms with E-state index >= 15 is 0 Å². The van der Waals surface area contributed by atoms with Crippen LogP contribution in [0.15, 0.2) is 36.4 Å². The van der Waals surface area contributed by atoms with E-state index < -0.39 is 23.1 Å². The average Bonchev–Trinajstić information content (AvgIpc) is 3.11. The van der Waals surface area contributed by atoms with Crippen molar-refractivity contribution in [2.75, 3.05) is 0 Å². The SMILES string of the molecule is CC(C)(C)OC(=O)N1C(=O)c2cc(C#N)ccc2C1(C)C.CC1(C)NC(=O)c2cc(C#N)ccc21. The monoisotopic (exact) mass is 472 g/mol. The molecule has 0 spiro atoms. The zero-order valence-electron chi connectivity index (χ0n) is 20.9. The Balaban J connectivity index is 0.000000211. The lowest BCUT2D eigenvalue weighted by atomic mass is 9.93. The van der Waals surface area contributed by atoms with Crippen LogP contribution >= 0.6 is 0 Å². The van der Waals surface area contributed by atoms with Crippen LogP contribution in [-0.4, -0.2) is 28.4 Å². The van der Waals surface area contributed by atoms with Gasteiger partial charge in [-0.2, -0.15) is 10.5 Å². The number of amides is 3. The van der Waals surface area contributed by atoms with Crippen molar-refractivity contribution in [1.82, 2.24) is 10.2 Å². The summed E-state index contributed by atoms with van der Waals surface area (Å²) in [5.74, 6) is -0.525. The van der Waals surface area contributed by atoms with Crippen molar-refractivity contribution in [3.63, 3.8) is 0 Å². The first-order chi connectivity index (χ1) is 16.1. The lowest BCUT2D eigenvalue weighted by Gasteiger charge is -2.32. The second kappa shape index (κ2) is 8.56. The molecule has 2 aromatic carbocycles. The van der Waals surface area contributed by atoms with Gasteiger partial charge in [0.25, 0.3) is 11.8 Å². The Morgan fingerprint density at radius 1 is 0.914 bits per heavy atom. The summed E-state index contributed by atoms with van der Waals surface area (Å²) in [5, 5.41) is 20.5. The Labute approximate surface area is 205 Å². The first kappa shape index (κ1) is 25.5. The smallest absolute Gasteiger partial charge is 0.418 e. The highest BCUT2D eigenvalue weighted by atomic mass is 16.6. The number of hydrogen-bond acceptors (Lipinski definition) is 6. The molecule has 0 fully saturated rings. The Kier molecular flexibility index (Phi) is 6.22. The highest BCUT2D eigenvalue weighted by Crippen LogP contribution is 2.40. The normalized spacial score (nSPS) is 16.7. The summed E-state index contributed by atoms with van der Waals surface area (Å²) in [6.07, 6.45) is -0.674. The summed E-state index contributed by atoms with van der Waals surface area (Å²) >= 11 is 0. The number of ether oxygens (including phenoxy) is 1. The van der Waals surface area contributed by atoms with Gasteiger partial charge in [0.1, 0.15) is 5.60 Å². The maximum atomic E-state index is 12.5. The molecule has 2 aliphatic rings. The maximum Gasteiger partial charge on any atom is 0.418 e. The van der Waals surface area contributed by atoms with Crippen molar-refractivity contribution in [2.45, 2.75) is 65.1 Å². The fourth-order valence-electron chi connectivity index (χ4n) is 4.20. The van der Waals surface area contributed by atoms with Gasteiger partial charge in [-0.25, -0.2) is 9.69 Å². The van der Waals surface area contributed by atoms with Gasteiger partial charge in [-0.3, -0.25) is 9.59 Å². The zero-order valence-corrected chi connectivity index (χ0v) is 20.9. The van der Waals surface area contributed by atoms with Crippen LogP contribution < -0.4 is 5.32 Å². The first-order valence-corrected chi connectivity index (χ1v) is 11.1. The number of imide groups is 1. The quantitative estimate of drug-likeness (QED) is 0.592. The van der Waals surface area contributed by atoms with Crippen molar-refractivity contribution in [1.29, 1.82) is 10.5 Å². The molecule has 180 valence electrons. The predicted octanol–water partition coefficient (Wildman–Crippen LogP) is 4.72. The Morgan fingerprint density at radius 2 is 1.43 bits per heavy atom. The summed E-state index contributed by atoms with van der Waals surface area (Å²) in [7, 11) is 0. The Hall–Kier alpha value is -4.17. The van der Waals surface area contributed by atoms with Crippen molar-refractivity contribution in [2.24, 2.45) is 0 Å². The van der Waals surface area contributed by atoms with Crippen LogP contribution in [0.3, 0.4) is 0 Å². The number of nitrogens with one attached hydrogen (secondary N) is 1. The number of carbonyl (C=O) groups is 3. The lowest BCUT2D eigenvalue weighted by Crippen LogP contribution is -2.46. The largest absolute Gasteiger partial charge is 0.443 e. The van der Waals surface area contributed by atoms with Crippen LogP contribution in [0.25, 0.3) is 0 Å². The van der Waals surface area contributed by atoms with E-state index in [1.165, 1.54) is 6.07 Å². The van der Waals surface area contributed by atoms with Gasteiger partial charge in [0.05, 0.1) is 34.3 Å². The van der Waals surface area contributed by atoms with Crippen molar-refractivity contribution < 1.29 is 19.1 Å². The average molecular weight is 473 g/mol. The van der Waals surface area contributed by atoms with Crippen LogP contribution in [-0.2, 0) is 15.8 Å². The molecule has 0 saturated heterocycles. The van der Waals surface area contributed by atoms with E-state index in [-0.39, 0.29) is 11.4 Å². The third-order valence-corrected chi connectivity index (χ3v) is 5.87. The summed E-state index contributed by atoms with van der Waals surface area (Å²) in [6, 6.07) is 14.1. The van der Waals surface area contributed by atoms with Crippen molar-refractivity contribution >= 4 is 17.9 Å². The van der Waals surface area contributed by atoms with Gasteiger partial charge in [-0.15, -0.1) is 0 Å². The molecule has 0 saturated carbocycles. The third-order valence-electron chi connectivity index (χ3n) is 5.87. The molecular formula is C27H28N4O4. The maximum absolute atomic E-state index is 12.5. The van der Waals surface area contributed by atoms with Crippen LogP contribution in [0, 0.1) is 22.7 Å². The summed E-state index contributed by atoms with van der Waals surface area (Å²) in [4.78, 5) is 37.5. The third kappa shape index (κ3) is 4.74. The molecular weight excluding hydrogens is 444 g/mol. The van der Waals surface area contributed by atoms with Gasteiger partial charge in [0, 0.05) is 11.1 Å². The minimum atomic E-state index is -0.803. The van der Waals surface area contributed by atoms with E-state index in [1.807, 2.05) is 32.1 Å². The molecule has 3 amide bonds. The molecule has 0 unspecified atom stereocenters. The molecule has 2 heterocycles. The molecule has 1 N–H and O–H groups in total. The van der Waals surface area contributed by atoms with E-state index in [2.05, 4.69) is 5.32 Å². The topological polar surface area (TPSA) is 123 Å². The molecule has 0 radical (unpaired) electrons. The fraction of sp³-hybridized carbons (Fsp3) is 0.370. The summed E-state index contributed by atoms with van der Waals surface area (Å²) in [6.45, 7) is 12.7. The minimum absolute atomic E-state index is 0.0953. The predicted molar refractivity (Wildman–Crippen MR) is 128 cm³/mol. The van der Waals surface area contributed by atoms with Gasteiger partial charge in [0.2, 0.25) is 0 Å². The standard InChI is InChI=1S/C16H18N2O3.C11H10N2O/c1-15(2,3)21-14(20)18-13(19)11-8-10(9-17)6-7-12(11)16(18,4)5;1-11(2)9-4-3-7(6-12)5-8(9)10(14)13-11/h6-8H,1-5H3;3-5H,1-2H3,(H,13,14). The first-order valence-electron chi connectivity index (χ1n) is 11.1. The number of nitrogens with zero attached hydrogens (tertiary/aromatic N) is 3. The number of nitriles is 2. The van der Waals surface area contributed by atoms with Crippen LogP contribution in [0.4, 0.5) is 4.79 Å². The van der Waals surface area contributed by atoms with E-state index in [0.717, 1.165) is 16.0 Å². The van der Waals surface area contributed by atoms with Gasteiger partial charge in [-0.1, -0.05) is 12.1 Å². The van der Waals surface area contributed by atoms with Gasteiger partial charge in [0.15, 0.2) is 0 Å². The summed E-state index contributed by atoms with van der Waals surface area (Å²) in [5.41, 5.74) is 1.79. The second-order valence-corrected chi connectivity index (χ2v) is 10.5. The number of hydrogen-bond donors (Lipinski definition) is 1. The molecule has 8 nitrogen and oxygen atoms in total. The van der Waals surface area contributed by atoms with E-state index in [1.54, 1.807) is 58.9 Å². The lowest BCUT2D eigenvalue weighted by molar-refractivity contribution is 0.00935. The molecule has 0 aliphatic carbocycles. The number of carbonyl (C=O) groups excluding carboxylic acids is 3. The second-order valence-electron chi connectivity index (χ2n) is 10.5. The van der Waals surface area contributed by atoms with Crippen LogP contribution in [0.2, 0.25) is 0 Å². The highest BCUT2D eigenvalue weighted by molar-refractivity contribution is 6.08. The number of rotatable bonds is 0. The molecule has 4 rings (SSSR count). The van der Waals surface area contributed by atoms with Gasteiger partial charge >= 0.3 is 6.09 Å². The van der Waals surface area contributed by atoms with E-state index in [4.69, 9.17) is 15.3 Å². The summed E-state index contributed by atoms with van der Waals surface area (Å²) < 4.78 is 5.32. The van der Waals surface area contributed by atoms with E-state index in [9.17, 15) is 14.4 Å². The zero-order chi connectivity index (χ0) is 26.3. The van der Waals surface area contributed by atoms with Crippen molar-refractivity contribution in [3.8, 4) is 12.1 Å². The Bertz CT molecular complexity index is 1320. The number of fused-ring (bicyclic) bond motifs is 2. The molecule has 8 heteroatoms. The van der Waals surface area contributed by atoms with Crippen LogP contribution in [0.1, 0.15) is 91.4 Å². The van der Waals surface area contributed by atoms with E-state index in [0.29, 0.717) is 22.3 Å². The molecule has 2 aromatic rings. The molecule has 2 aliphatic heterocycles. The highest BCUT2D eigenvalue weighted by Gasteiger charge is 2.48. The molecule has 0 bridgehead atoms.